The Morgan fingerprint density at radius 1 is 1.10 bits per heavy atom. The van der Waals surface area contributed by atoms with Gasteiger partial charge in [-0.25, -0.2) is 5.01 Å². The van der Waals surface area contributed by atoms with Crippen LogP contribution in [-0.4, -0.2) is 76.6 Å². The summed E-state index contributed by atoms with van der Waals surface area (Å²) in [7, 11) is 1.71. The Balaban J connectivity index is 1.37. The van der Waals surface area contributed by atoms with Gasteiger partial charge in [-0.1, -0.05) is 36.3 Å². The van der Waals surface area contributed by atoms with Gasteiger partial charge in [-0.3, -0.25) is 14.6 Å². The molecule has 0 unspecified atom stereocenters. The van der Waals surface area contributed by atoms with Crippen molar-refractivity contribution in [1.29, 1.82) is 0 Å². The summed E-state index contributed by atoms with van der Waals surface area (Å²) in [5.74, 6) is -2.06. The minimum atomic E-state index is -4.73. The molecule has 13 heteroatoms. The van der Waals surface area contributed by atoms with Gasteiger partial charge in [-0.15, -0.1) is 0 Å². The summed E-state index contributed by atoms with van der Waals surface area (Å²) >= 11 is 0. The maximum Gasteiger partial charge on any atom is 0.471 e. The molecule has 0 radical (unpaired) electrons. The second-order valence-electron chi connectivity index (χ2n) is 9.48. The van der Waals surface area contributed by atoms with E-state index in [1.54, 1.807) is 37.2 Å². The van der Waals surface area contributed by atoms with Crippen molar-refractivity contribution in [2.45, 2.75) is 33.1 Å². The van der Waals surface area contributed by atoms with E-state index in [1.165, 1.54) is 16.0 Å². The zero-order valence-corrected chi connectivity index (χ0v) is 22.6. The summed E-state index contributed by atoms with van der Waals surface area (Å²) in [6.45, 7) is 6.43. The summed E-state index contributed by atoms with van der Waals surface area (Å²) in [6, 6.07) is 12.8. The van der Waals surface area contributed by atoms with Gasteiger partial charge in [0.15, 0.2) is 0 Å². The van der Waals surface area contributed by atoms with Crippen LogP contribution in [0.5, 0.6) is 0 Å². The van der Waals surface area contributed by atoms with Crippen LogP contribution in [-0.2, 0) is 28.9 Å². The lowest BCUT2D eigenvalue weighted by molar-refractivity contribution is -0.159. The van der Waals surface area contributed by atoms with Crippen molar-refractivity contribution in [2.24, 2.45) is 0 Å². The smallest absolute Gasteiger partial charge is 0.376 e. The molecule has 1 aliphatic rings. The zero-order chi connectivity index (χ0) is 28.9. The number of nitrogens with one attached hydrogen (secondary N) is 2. The second-order valence-corrected chi connectivity index (χ2v) is 9.48. The summed E-state index contributed by atoms with van der Waals surface area (Å²) < 4.78 is 42.7. The monoisotopic (exact) mass is 559 g/mol. The Morgan fingerprint density at radius 3 is 2.40 bits per heavy atom. The van der Waals surface area contributed by atoms with E-state index >= 15 is 0 Å². The molecule has 2 aromatic carbocycles. The number of halogens is 3. The number of aromatic nitrogens is 2. The molecule has 0 aliphatic carbocycles. The van der Waals surface area contributed by atoms with Crippen molar-refractivity contribution in [2.75, 3.05) is 45.1 Å². The van der Waals surface area contributed by atoms with E-state index in [4.69, 9.17) is 0 Å². The summed E-state index contributed by atoms with van der Waals surface area (Å²) in [4.78, 5) is 31.3. The SMILES string of the molecule is CCNCCN(CC(=O)N(C)N1Cc2ccccc2C1)C(=O)CNc1ccc(-c2noc(C(F)(F)F)n2)cc1C. The lowest BCUT2D eigenvalue weighted by atomic mass is 10.1. The number of alkyl halides is 3. The fourth-order valence-corrected chi connectivity index (χ4v) is 4.37. The highest BCUT2D eigenvalue weighted by atomic mass is 19.4. The van der Waals surface area contributed by atoms with E-state index in [1.807, 2.05) is 36.2 Å². The van der Waals surface area contributed by atoms with Crippen LogP contribution in [0.2, 0.25) is 0 Å². The highest BCUT2D eigenvalue weighted by Gasteiger charge is 2.38. The van der Waals surface area contributed by atoms with Crippen molar-refractivity contribution in [3.63, 3.8) is 0 Å². The number of fused-ring (bicyclic) bond motifs is 1. The van der Waals surface area contributed by atoms with Crippen molar-refractivity contribution in [1.82, 2.24) is 30.4 Å². The Hall–Kier alpha value is -3.97. The van der Waals surface area contributed by atoms with E-state index in [-0.39, 0.29) is 30.7 Å². The summed E-state index contributed by atoms with van der Waals surface area (Å²) in [5, 5.41) is 13.2. The highest BCUT2D eigenvalue weighted by Crippen LogP contribution is 2.30. The molecule has 0 saturated carbocycles. The van der Waals surface area contributed by atoms with Crippen LogP contribution < -0.4 is 10.6 Å². The van der Waals surface area contributed by atoms with Crippen molar-refractivity contribution < 1.29 is 27.3 Å². The van der Waals surface area contributed by atoms with E-state index in [9.17, 15) is 22.8 Å². The molecule has 0 atom stereocenters. The number of carbonyl (C=O) groups excluding carboxylic acids is 2. The van der Waals surface area contributed by atoms with Gasteiger partial charge in [0.1, 0.15) is 6.54 Å². The third-order valence-corrected chi connectivity index (χ3v) is 6.68. The molecule has 4 rings (SSSR count). The number of likely N-dealkylation sites (N-methyl/N-ethyl adjacent to an activating group) is 2. The predicted octanol–water partition coefficient (Wildman–Crippen LogP) is 3.30. The third kappa shape index (κ3) is 6.96. The predicted molar refractivity (Wildman–Crippen MR) is 142 cm³/mol. The van der Waals surface area contributed by atoms with Crippen LogP contribution in [0.3, 0.4) is 0 Å². The molecule has 0 spiro atoms. The molecule has 2 amide bonds. The number of hydrogen-bond donors (Lipinski definition) is 2. The van der Waals surface area contributed by atoms with E-state index in [0.717, 1.165) is 6.54 Å². The average Bonchev–Trinajstić information content (AvgIpc) is 3.59. The van der Waals surface area contributed by atoms with E-state index in [2.05, 4.69) is 25.3 Å². The molecule has 3 aromatic rings. The minimum absolute atomic E-state index is 0.0705. The van der Waals surface area contributed by atoms with E-state index < -0.39 is 12.1 Å². The fraction of sp³-hybridized carbons (Fsp3) is 0.407. The van der Waals surface area contributed by atoms with Gasteiger partial charge in [0.2, 0.25) is 11.7 Å². The number of aryl methyl sites for hydroxylation is 1. The summed E-state index contributed by atoms with van der Waals surface area (Å²) in [5.41, 5.74) is 3.98. The number of anilines is 1. The maximum absolute atomic E-state index is 13.2. The molecular weight excluding hydrogens is 527 g/mol. The van der Waals surface area contributed by atoms with Crippen molar-refractivity contribution in [3.05, 3.63) is 65.0 Å². The number of carbonyl (C=O) groups is 2. The van der Waals surface area contributed by atoms with Gasteiger partial charge in [0.05, 0.1) is 6.54 Å². The number of amides is 2. The lowest BCUT2D eigenvalue weighted by Gasteiger charge is -2.31. The van der Waals surface area contributed by atoms with E-state index in [0.29, 0.717) is 43.0 Å². The number of hydrogen-bond acceptors (Lipinski definition) is 8. The lowest BCUT2D eigenvalue weighted by Crippen LogP contribution is -2.49. The molecule has 40 heavy (non-hydrogen) atoms. The average molecular weight is 560 g/mol. The molecular formula is C27H32F3N7O3. The normalized spacial score (nSPS) is 13.2. The van der Waals surface area contributed by atoms with Gasteiger partial charge >= 0.3 is 12.1 Å². The molecule has 1 aromatic heterocycles. The maximum atomic E-state index is 13.2. The van der Waals surface area contributed by atoms with Gasteiger partial charge in [-0.2, -0.15) is 18.2 Å². The fourth-order valence-electron chi connectivity index (χ4n) is 4.37. The first kappa shape index (κ1) is 29.0. The Bertz CT molecular complexity index is 1320. The van der Waals surface area contributed by atoms with Crippen LogP contribution in [0, 0.1) is 6.92 Å². The number of nitrogens with zero attached hydrogens (tertiary/aromatic N) is 5. The topological polar surface area (TPSA) is 107 Å². The van der Waals surface area contributed by atoms with Gasteiger partial charge in [0, 0.05) is 44.5 Å². The minimum Gasteiger partial charge on any atom is -0.376 e. The standard InChI is InChI=1S/C27H32F3N7O3/c1-4-31-11-12-36(17-24(39)35(3)37-15-20-7-5-6-8-21(20)16-37)23(38)14-32-22-10-9-19(13-18(22)2)25-33-26(40-34-25)27(28,29)30/h5-10,13,31-32H,4,11-12,14-17H2,1-3H3. The third-order valence-electron chi connectivity index (χ3n) is 6.68. The molecule has 214 valence electrons. The Labute approximate surface area is 230 Å². The molecule has 0 bridgehead atoms. The van der Waals surface area contributed by atoms with Gasteiger partial charge < -0.3 is 20.1 Å². The number of hydrazine groups is 1. The first-order chi connectivity index (χ1) is 19.1. The Kier molecular flexibility index (Phi) is 9.05. The molecule has 10 nitrogen and oxygen atoms in total. The molecule has 0 fully saturated rings. The second kappa shape index (κ2) is 12.5. The first-order valence-electron chi connectivity index (χ1n) is 12.9. The quantitative estimate of drug-likeness (QED) is 0.345. The molecule has 2 N–H and O–H groups in total. The van der Waals surface area contributed by atoms with Crippen LogP contribution in [0.4, 0.5) is 18.9 Å². The molecule has 2 heterocycles. The largest absolute Gasteiger partial charge is 0.471 e. The first-order valence-corrected chi connectivity index (χ1v) is 12.9. The van der Waals surface area contributed by atoms with Crippen molar-refractivity contribution in [3.8, 4) is 11.4 Å². The van der Waals surface area contributed by atoms with Crippen LogP contribution >= 0.6 is 0 Å². The van der Waals surface area contributed by atoms with Crippen molar-refractivity contribution >= 4 is 17.5 Å². The van der Waals surface area contributed by atoms with Gasteiger partial charge in [0.25, 0.3) is 5.91 Å². The molecule has 0 saturated heterocycles. The van der Waals surface area contributed by atoms with Crippen LogP contribution in [0.15, 0.2) is 47.0 Å². The zero-order valence-electron chi connectivity index (χ0n) is 22.6. The summed E-state index contributed by atoms with van der Waals surface area (Å²) in [6.07, 6.45) is -4.73. The number of benzene rings is 2. The number of rotatable bonds is 11. The Morgan fingerprint density at radius 2 is 1.80 bits per heavy atom. The van der Waals surface area contributed by atoms with Gasteiger partial charge in [-0.05, 0) is 48.4 Å². The molecule has 1 aliphatic heterocycles. The highest BCUT2D eigenvalue weighted by molar-refractivity contribution is 5.87. The van der Waals surface area contributed by atoms with Crippen LogP contribution in [0.25, 0.3) is 11.4 Å². The van der Waals surface area contributed by atoms with Crippen LogP contribution in [0.1, 0.15) is 29.5 Å².